The minimum Gasteiger partial charge on any atom is -0.459 e. The average Bonchev–Trinajstić information content (AvgIpc) is 2.73. The molecule has 0 aromatic heterocycles. The molecule has 0 saturated carbocycles. The molecule has 0 aliphatic carbocycles. The van der Waals surface area contributed by atoms with Gasteiger partial charge < -0.3 is 4.74 Å². The fraction of sp³-hybridized carbons (Fsp3) is 0.174. The summed E-state index contributed by atoms with van der Waals surface area (Å²) in [6.45, 7) is 0.0487. The van der Waals surface area contributed by atoms with Crippen LogP contribution in [0.3, 0.4) is 0 Å². The molecule has 3 aromatic rings. The van der Waals surface area contributed by atoms with E-state index in [1.807, 2.05) is 60.7 Å². The van der Waals surface area contributed by atoms with Gasteiger partial charge in [-0.15, -0.1) is 0 Å². The molecule has 0 N–H and O–H groups in total. The Morgan fingerprint density at radius 2 is 1.21 bits per heavy atom. The van der Waals surface area contributed by atoms with Gasteiger partial charge in [-0.3, -0.25) is 4.18 Å². The minimum absolute atomic E-state index is 0.0487. The molecule has 0 fully saturated rings. The van der Waals surface area contributed by atoms with Crippen molar-refractivity contribution in [2.75, 3.05) is 0 Å². The summed E-state index contributed by atoms with van der Waals surface area (Å²) in [6, 6.07) is 27.0. The van der Waals surface area contributed by atoms with Crippen LogP contribution >= 0.6 is 0 Å². The smallest absolute Gasteiger partial charge is 0.337 e. The molecule has 1 atom stereocenters. The van der Waals surface area contributed by atoms with E-state index in [1.54, 1.807) is 30.3 Å². The van der Waals surface area contributed by atoms with Gasteiger partial charge in [0, 0.05) is 6.42 Å². The summed E-state index contributed by atoms with van der Waals surface area (Å²) >= 11 is 0. The van der Waals surface area contributed by atoms with Gasteiger partial charge >= 0.3 is 5.97 Å². The molecule has 0 aliphatic heterocycles. The molecule has 0 bridgehead atoms. The molecule has 3 aromatic carbocycles. The van der Waals surface area contributed by atoms with Crippen molar-refractivity contribution in [1.29, 1.82) is 0 Å². The zero-order chi connectivity index (χ0) is 20.5. The first-order valence-corrected chi connectivity index (χ1v) is 10.8. The Bertz CT molecular complexity index is 1000. The molecular weight excluding hydrogens is 388 g/mol. The first-order chi connectivity index (χ1) is 14.0. The van der Waals surface area contributed by atoms with Gasteiger partial charge in [0.25, 0.3) is 10.1 Å². The molecule has 0 spiro atoms. The van der Waals surface area contributed by atoms with E-state index in [1.165, 1.54) is 0 Å². The molecular formula is C23H22O5S. The molecule has 0 aliphatic rings. The largest absolute Gasteiger partial charge is 0.459 e. The van der Waals surface area contributed by atoms with Gasteiger partial charge in [0.15, 0.2) is 6.10 Å². The Morgan fingerprint density at radius 1 is 0.724 bits per heavy atom. The zero-order valence-corrected chi connectivity index (χ0v) is 16.6. The summed E-state index contributed by atoms with van der Waals surface area (Å²) in [7, 11) is -3.98. The van der Waals surface area contributed by atoms with Crippen LogP contribution in [-0.2, 0) is 42.6 Å². The van der Waals surface area contributed by atoms with Crippen LogP contribution in [0.4, 0.5) is 0 Å². The Morgan fingerprint density at radius 3 is 1.76 bits per heavy atom. The number of esters is 1. The van der Waals surface area contributed by atoms with Crippen LogP contribution in [0, 0.1) is 0 Å². The molecule has 0 amide bonds. The topological polar surface area (TPSA) is 69.7 Å². The van der Waals surface area contributed by atoms with Crippen molar-refractivity contribution in [3.8, 4) is 0 Å². The highest BCUT2D eigenvalue weighted by Gasteiger charge is 2.28. The lowest BCUT2D eigenvalue weighted by atomic mass is 10.1. The average molecular weight is 410 g/mol. The van der Waals surface area contributed by atoms with E-state index in [9.17, 15) is 13.2 Å². The molecule has 0 radical (unpaired) electrons. The Kier molecular flexibility index (Phi) is 7.16. The van der Waals surface area contributed by atoms with Crippen molar-refractivity contribution in [3.05, 3.63) is 108 Å². The monoisotopic (exact) mass is 410 g/mol. The highest BCUT2D eigenvalue weighted by molar-refractivity contribution is 7.85. The molecule has 150 valence electrons. The van der Waals surface area contributed by atoms with Crippen LogP contribution in [0.1, 0.15) is 16.7 Å². The first kappa shape index (κ1) is 20.8. The van der Waals surface area contributed by atoms with Gasteiger partial charge in [-0.2, -0.15) is 8.42 Å². The lowest BCUT2D eigenvalue weighted by Gasteiger charge is -2.17. The van der Waals surface area contributed by atoms with Crippen molar-refractivity contribution >= 4 is 16.1 Å². The van der Waals surface area contributed by atoms with Gasteiger partial charge in [0.1, 0.15) is 12.4 Å². The molecule has 0 saturated heterocycles. The van der Waals surface area contributed by atoms with Gasteiger partial charge in [-0.05, 0) is 16.7 Å². The SMILES string of the molecule is O=C(OCc1ccccc1)C(Cc1ccccc1)OS(=O)(=O)Cc1ccccc1. The Hall–Kier alpha value is -2.96. The van der Waals surface area contributed by atoms with E-state index in [0.29, 0.717) is 5.56 Å². The number of benzene rings is 3. The maximum atomic E-state index is 12.6. The van der Waals surface area contributed by atoms with Gasteiger partial charge in [0.2, 0.25) is 0 Å². The lowest BCUT2D eigenvalue weighted by molar-refractivity contribution is -0.153. The molecule has 3 rings (SSSR count). The van der Waals surface area contributed by atoms with Crippen LogP contribution < -0.4 is 0 Å². The van der Waals surface area contributed by atoms with Crippen molar-refractivity contribution in [2.24, 2.45) is 0 Å². The number of rotatable bonds is 9. The quantitative estimate of drug-likeness (QED) is 0.395. The van der Waals surface area contributed by atoms with Crippen LogP contribution in [0.15, 0.2) is 91.0 Å². The van der Waals surface area contributed by atoms with E-state index in [2.05, 4.69) is 0 Å². The van der Waals surface area contributed by atoms with Crippen LogP contribution in [0.25, 0.3) is 0 Å². The fourth-order valence-electron chi connectivity index (χ4n) is 2.80. The Balaban J connectivity index is 1.72. The molecule has 1 unspecified atom stereocenters. The van der Waals surface area contributed by atoms with Crippen LogP contribution in [0.5, 0.6) is 0 Å². The second kappa shape index (κ2) is 10.0. The van der Waals surface area contributed by atoms with Crippen molar-refractivity contribution in [1.82, 2.24) is 0 Å². The van der Waals surface area contributed by atoms with E-state index < -0.39 is 22.2 Å². The van der Waals surface area contributed by atoms with Crippen molar-refractivity contribution in [2.45, 2.75) is 24.9 Å². The predicted molar refractivity (Wildman–Crippen MR) is 110 cm³/mol. The van der Waals surface area contributed by atoms with Gasteiger partial charge in [0.05, 0.1) is 0 Å². The van der Waals surface area contributed by atoms with E-state index in [4.69, 9.17) is 8.92 Å². The number of hydrogen-bond donors (Lipinski definition) is 0. The maximum absolute atomic E-state index is 12.6. The maximum Gasteiger partial charge on any atom is 0.337 e. The third kappa shape index (κ3) is 6.85. The summed E-state index contributed by atoms with van der Waals surface area (Å²) < 4.78 is 35.7. The summed E-state index contributed by atoms with van der Waals surface area (Å²) in [5.41, 5.74) is 2.18. The van der Waals surface area contributed by atoms with Crippen LogP contribution in [-0.4, -0.2) is 20.5 Å². The second-order valence-electron chi connectivity index (χ2n) is 6.56. The number of carbonyl (C=O) groups excluding carboxylic acids is 1. The molecule has 6 heteroatoms. The highest BCUT2D eigenvalue weighted by Crippen LogP contribution is 2.15. The van der Waals surface area contributed by atoms with Gasteiger partial charge in [-0.1, -0.05) is 91.0 Å². The standard InChI is InChI=1S/C23H22O5S/c24-23(27-17-20-12-6-2-7-13-20)22(16-19-10-4-1-5-11-19)28-29(25,26)18-21-14-8-3-9-15-21/h1-15,22H,16-18H2. The molecule has 29 heavy (non-hydrogen) atoms. The molecule has 5 nitrogen and oxygen atoms in total. The minimum atomic E-state index is -3.98. The van der Waals surface area contributed by atoms with Crippen molar-refractivity contribution in [3.63, 3.8) is 0 Å². The third-order valence-electron chi connectivity index (χ3n) is 4.20. The molecule has 0 heterocycles. The van der Waals surface area contributed by atoms with E-state index in [0.717, 1.165) is 11.1 Å². The zero-order valence-electron chi connectivity index (χ0n) is 15.8. The predicted octanol–water partition coefficient (Wildman–Crippen LogP) is 3.89. The summed E-state index contributed by atoms with van der Waals surface area (Å²) in [5.74, 6) is -1.03. The Labute approximate surface area is 171 Å². The third-order valence-corrected chi connectivity index (χ3v) is 5.41. The lowest BCUT2D eigenvalue weighted by Crippen LogP contribution is -2.31. The first-order valence-electron chi connectivity index (χ1n) is 9.21. The summed E-state index contributed by atoms with van der Waals surface area (Å²) in [5, 5.41) is 0. The summed E-state index contributed by atoms with van der Waals surface area (Å²) in [6.07, 6.45) is -1.16. The normalized spacial score (nSPS) is 12.3. The van der Waals surface area contributed by atoms with E-state index in [-0.39, 0.29) is 18.8 Å². The van der Waals surface area contributed by atoms with Crippen molar-refractivity contribution < 1.29 is 22.1 Å². The highest BCUT2D eigenvalue weighted by atomic mass is 32.2. The van der Waals surface area contributed by atoms with E-state index >= 15 is 0 Å². The number of hydrogen-bond acceptors (Lipinski definition) is 5. The van der Waals surface area contributed by atoms with Gasteiger partial charge in [-0.25, -0.2) is 4.79 Å². The van der Waals surface area contributed by atoms with Crippen LogP contribution in [0.2, 0.25) is 0 Å². The summed E-state index contributed by atoms with van der Waals surface area (Å²) in [4.78, 5) is 12.6. The number of carbonyl (C=O) groups is 1. The fourth-order valence-corrected chi connectivity index (χ4v) is 3.97. The second-order valence-corrected chi connectivity index (χ2v) is 8.15. The number of ether oxygens (including phenoxy) is 1.